The molecule has 0 aliphatic heterocycles. The van der Waals surface area contributed by atoms with Crippen molar-refractivity contribution in [1.29, 1.82) is 0 Å². The highest BCUT2D eigenvalue weighted by molar-refractivity contribution is 4.85. The molecule has 1 aliphatic rings. The molecule has 77 valence electrons. The van der Waals surface area contributed by atoms with Crippen LogP contribution in [0.1, 0.15) is 45.4 Å². The second kappa shape index (κ2) is 4.94. The van der Waals surface area contributed by atoms with Crippen LogP contribution in [0.2, 0.25) is 0 Å². The largest absolute Gasteiger partial charge is 0.366 e. The van der Waals surface area contributed by atoms with Gasteiger partial charge in [0.2, 0.25) is 0 Å². The number of aliphatic hydroxyl groups is 2. The third kappa shape index (κ3) is 4.07. The second-order valence-corrected chi connectivity index (χ2v) is 3.77. The molecule has 0 bridgehead atoms. The molecular weight excluding hydrogens is 168 g/mol. The summed E-state index contributed by atoms with van der Waals surface area (Å²) >= 11 is 0. The Hall–Kier alpha value is -0.120. The average molecular weight is 187 g/mol. The topological polar surface area (TPSA) is 49.7 Å². The van der Waals surface area contributed by atoms with E-state index in [1.165, 1.54) is 12.8 Å². The van der Waals surface area contributed by atoms with Crippen LogP contribution in [-0.4, -0.2) is 22.6 Å². The molecule has 1 radical (unpaired) electrons. The van der Waals surface area contributed by atoms with Crippen molar-refractivity contribution in [3.63, 3.8) is 0 Å². The third-order valence-electron chi connectivity index (χ3n) is 2.32. The maximum atomic E-state index is 9.39. The fourth-order valence-corrected chi connectivity index (χ4v) is 1.60. The van der Waals surface area contributed by atoms with Crippen LogP contribution in [0.15, 0.2) is 0 Å². The molecule has 0 atom stereocenters. The summed E-state index contributed by atoms with van der Waals surface area (Å²) in [5, 5.41) is 18.8. The summed E-state index contributed by atoms with van der Waals surface area (Å²) in [5.41, 5.74) is 0. The zero-order valence-electron chi connectivity index (χ0n) is 8.25. The van der Waals surface area contributed by atoms with Gasteiger partial charge in [-0.15, -0.1) is 0 Å². The van der Waals surface area contributed by atoms with Crippen LogP contribution < -0.4 is 0 Å². The van der Waals surface area contributed by atoms with Gasteiger partial charge in [0.1, 0.15) is 6.61 Å². The molecule has 3 heteroatoms. The summed E-state index contributed by atoms with van der Waals surface area (Å²) in [6.45, 7) is 1.94. The molecule has 0 aromatic heterocycles. The van der Waals surface area contributed by atoms with E-state index in [1.54, 1.807) is 0 Å². The predicted octanol–water partition coefficient (Wildman–Crippen LogP) is 1.59. The molecule has 2 N–H and O–H groups in total. The van der Waals surface area contributed by atoms with Crippen LogP contribution in [0.4, 0.5) is 0 Å². The van der Waals surface area contributed by atoms with Gasteiger partial charge in [0, 0.05) is 6.42 Å². The number of hydrogen-bond acceptors (Lipinski definition) is 3. The third-order valence-corrected chi connectivity index (χ3v) is 2.32. The molecule has 13 heavy (non-hydrogen) atoms. The van der Waals surface area contributed by atoms with E-state index in [9.17, 15) is 10.2 Å². The van der Waals surface area contributed by atoms with Crippen molar-refractivity contribution in [2.75, 3.05) is 6.61 Å². The second-order valence-electron chi connectivity index (χ2n) is 3.77. The van der Waals surface area contributed by atoms with Crippen molar-refractivity contribution >= 4 is 0 Å². The van der Waals surface area contributed by atoms with Gasteiger partial charge in [-0.1, -0.05) is 26.2 Å². The van der Waals surface area contributed by atoms with E-state index in [0.717, 1.165) is 25.4 Å². The highest BCUT2D eigenvalue weighted by Gasteiger charge is 2.25. The van der Waals surface area contributed by atoms with Crippen LogP contribution in [-0.2, 0) is 4.74 Å². The molecule has 1 saturated carbocycles. The summed E-state index contributed by atoms with van der Waals surface area (Å²) in [6.07, 6.45) is 6.49. The molecule has 3 nitrogen and oxygen atoms in total. The van der Waals surface area contributed by atoms with E-state index in [-0.39, 0.29) is 6.61 Å². The molecule has 1 fully saturated rings. The first-order chi connectivity index (χ1) is 6.14. The minimum atomic E-state index is -1.63. The molecule has 1 aliphatic carbocycles. The smallest absolute Gasteiger partial charge is 0.186 e. The molecule has 1 rings (SSSR count). The Morgan fingerprint density at radius 3 is 2.46 bits per heavy atom. The fraction of sp³-hybridized carbons (Fsp3) is 0.900. The highest BCUT2D eigenvalue weighted by Crippen LogP contribution is 2.28. The lowest BCUT2D eigenvalue weighted by molar-refractivity contribution is -0.200. The van der Waals surface area contributed by atoms with Gasteiger partial charge in [0.05, 0.1) is 6.10 Å². The van der Waals surface area contributed by atoms with Gasteiger partial charge in [-0.3, -0.25) is 0 Å². The van der Waals surface area contributed by atoms with Gasteiger partial charge in [-0.05, 0) is 12.8 Å². The molecule has 0 aromatic rings. The first-order valence-electron chi connectivity index (χ1n) is 5.06. The van der Waals surface area contributed by atoms with Crippen molar-refractivity contribution < 1.29 is 14.9 Å². The standard InChI is InChI=1S/C10H19O3/c1-2-7-10(11,12)8-13-9-5-3-4-6-9/h11-12H,2-8H2,1H3. The summed E-state index contributed by atoms with van der Waals surface area (Å²) in [6, 6.07) is 0. The first-order valence-corrected chi connectivity index (χ1v) is 5.06. The molecule has 0 amide bonds. The molecular formula is C10H19O3. The van der Waals surface area contributed by atoms with Gasteiger partial charge in [0.25, 0.3) is 0 Å². The van der Waals surface area contributed by atoms with Crippen LogP contribution >= 0.6 is 0 Å². The lowest BCUT2D eigenvalue weighted by Crippen LogP contribution is -2.34. The van der Waals surface area contributed by atoms with Crippen LogP contribution in [0, 0.1) is 6.10 Å². The molecule has 0 spiro atoms. The van der Waals surface area contributed by atoms with Crippen LogP contribution in [0.5, 0.6) is 0 Å². The van der Waals surface area contributed by atoms with Crippen molar-refractivity contribution in [2.24, 2.45) is 0 Å². The zero-order valence-corrected chi connectivity index (χ0v) is 8.25. The van der Waals surface area contributed by atoms with Crippen molar-refractivity contribution in [3.05, 3.63) is 6.10 Å². The first kappa shape index (κ1) is 11.0. The van der Waals surface area contributed by atoms with E-state index in [0.29, 0.717) is 6.42 Å². The lowest BCUT2D eigenvalue weighted by atomic mass is 10.1. The van der Waals surface area contributed by atoms with Crippen LogP contribution in [0.3, 0.4) is 0 Å². The molecule has 0 aromatic carbocycles. The van der Waals surface area contributed by atoms with Gasteiger partial charge < -0.3 is 14.9 Å². The number of ether oxygens (including phenoxy) is 1. The van der Waals surface area contributed by atoms with Gasteiger partial charge in [0.15, 0.2) is 5.79 Å². The molecule has 0 unspecified atom stereocenters. The average Bonchev–Trinajstić information content (AvgIpc) is 2.52. The summed E-state index contributed by atoms with van der Waals surface area (Å²) < 4.78 is 5.34. The van der Waals surface area contributed by atoms with Gasteiger partial charge >= 0.3 is 0 Å². The molecule has 0 saturated heterocycles. The normalized spacial score (nSPS) is 19.6. The Morgan fingerprint density at radius 1 is 1.31 bits per heavy atom. The Labute approximate surface area is 79.7 Å². The fourth-order valence-electron chi connectivity index (χ4n) is 1.60. The van der Waals surface area contributed by atoms with Gasteiger partial charge in [-0.2, -0.15) is 0 Å². The number of hydrogen-bond donors (Lipinski definition) is 2. The summed E-state index contributed by atoms with van der Waals surface area (Å²) in [4.78, 5) is 0. The van der Waals surface area contributed by atoms with Gasteiger partial charge in [-0.25, -0.2) is 0 Å². The van der Waals surface area contributed by atoms with E-state index in [1.807, 2.05) is 6.92 Å². The van der Waals surface area contributed by atoms with E-state index in [2.05, 4.69) is 0 Å². The number of rotatable bonds is 5. The highest BCUT2D eigenvalue weighted by atomic mass is 16.6. The summed E-state index contributed by atoms with van der Waals surface area (Å²) in [7, 11) is 0. The quantitative estimate of drug-likeness (QED) is 0.643. The zero-order chi connectivity index (χ0) is 9.73. The molecule has 0 heterocycles. The predicted molar refractivity (Wildman–Crippen MR) is 49.7 cm³/mol. The van der Waals surface area contributed by atoms with E-state index >= 15 is 0 Å². The van der Waals surface area contributed by atoms with Crippen molar-refractivity contribution in [2.45, 2.75) is 51.2 Å². The maximum Gasteiger partial charge on any atom is 0.186 e. The summed E-state index contributed by atoms with van der Waals surface area (Å²) in [5.74, 6) is -1.63. The van der Waals surface area contributed by atoms with E-state index in [4.69, 9.17) is 4.74 Å². The van der Waals surface area contributed by atoms with Crippen molar-refractivity contribution in [1.82, 2.24) is 0 Å². The Morgan fingerprint density at radius 2 is 1.92 bits per heavy atom. The lowest BCUT2D eigenvalue weighted by Gasteiger charge is -2.22. The van der Waals surface area contributed by atoms with Crippen LogP contribution in [0.25, 0.3) is 0 Å². The maximum absolute atomic E-state index is 9.39. The Balaban J connectivity index is 2.15. The van der Waals surface area contributed by atoms with Crippen molar-refractivity contribution in [3.8, 4) is 0 Å². The minimum Gasteiger partial charge on any atom is -0.366 e. The monoisotopic (exact) mass is 187 g/mol. The SMILES string of the molecule is CCCC(O)(O)CO[C]1CCCC1. The Kier molecular flexibility index (Phi) is 4.16. The minimum absolute atomic E-state index is 0.0240. The Bertz CT molecular complexity index is 139. The van der Waals surface area contributed by atoms with E-state index < -0.39 is 5.79 Å².